The molecule has 43 heavy (non-hydrogen) atoms. The Kier molecular flexibility index (Phi) is 10.8. The van der Waals surface area contributed by atoms with E-state index in [4.69, 9.17) is 0 Å². The summed E-state index contributed by atoms with van der Waals surface area (Å²) in [4.78, 5) is 24.0. The van der Waals surface area contributed by atoms with Gasteiger partial charge in [0.15, 0.2) is 11.5 Å². The number of nitro groups is 2. The molecular weight excluding hydrogens is 556 g/mol. The predicted molar refractivity (Wildman–Crippen MR) is 162 cm³/mol. The third kappa shape index (κ3) is 8.16. The fraction of sp³-hybridized carbons (Fsp3) is 0.484. The summed E-state index contributed by atoms with van der Waals surface area (Å²) in [5.41, 5.74) is -0.214. The molecule has 0 aliphatic carbocycles. The maximum Gasteiger partial charge on any atom is 0.315 e. The third-order valence-corrected chi connectivity index (χ3v) is 8.12. The Morgan fingerprint density at radius 2 is 1.00 bits per heavy atom. The van der Waals surface area contributed by atoms with Crippen molar-refractivity contribution in [3.8, 4) is 45.3 Å². The molecule has 12 heteroatoms. The van der Waals surface area contributed by atoms with Gasteiger partial charge in [-0.15, -0.1) is 0 Å². The van der Waals surface area contributed by atoms with Crippen LogP contribution in [-0.4, -0.2) is 59.4 Å². The van der Waals surface area contributed by atoms with Crippen LogP contribution in [-0.2, 0) is 6.54 Å². The maximum atomic E-state index is 11.5. The Hall–Kier alpha value is -4.32. The highest BCUT2D eigenvalue weighted by atomic mass is 16.6. The molecule has 1 aliphatic heterocycles. The van der Waals surface area contributed by atoms with Crippen LogP contribution in [0.2, 0.25) is 0 Å². The van der Waals surface area contributed by atoms with E-state index in [1.807, 2.05) is 4.57 Å². The highest BCUT2D eigenvalue weighted by Crippen LogP contribution is 2.45. The van der Waals surface area contributed by atoms with Gasteiger partial charge in [0.25, 0.3) is 0 Å². The average molecular weight is 597 g/mol. The second-order valence-corrected chi connectivity index (χ2v) is 11.3. The smallest absolute Gasteiger partial charge is 0.315 e. The minimum atomic E-state index is -0.866. The molecule has 4 N–H and O–H groups in total. The Morgan fingerprint density at radius 1 is 0.605 bits per heavy atom. The van der Waals surface area contributed by atoms with Crippen LogP contribution >= 0.6 is 0 Å². The lowest BCUT2D eigenvalue weighted by molar-refractivity contribution is -0.386. The van der Waals surface area contributed by atoms with Crippen LogP contribution in [0.15, 0.2) is 36.7 Å². The number of rotatable bonds is 8. The lowest BCUT2D eigenvalue weighted by atomic mass is 9.97. The SMILES string of the molecule is O=[N+]([O-])c1cc(-c2cn(CCCN3CCCCCCCCCCCC3)cc2-c2cc(O)c(O)c([N+](=O)[O-])c2)cc(O)c1O. The fourth-order valence-electron chi connectivity index (χ4n) is 5.79. The number of hydrogen-bond acceptors (Lipinski definition) is 9. The van der Waals surface area contributed by atoms with E-state index in [9.17, 15) is 40.7 Å². The van der Waals surface area contributed by atoms with Crippen LogP contribution in [0, 0.1) is 20.2 Å². The summed E-state index contributed by atoms with van der Waals surface area (Å²) in [5, 5.41) is 63.6. The number of aryl methyl sites for hydroxylation is 1. The molecule has 232 valence electrons. The van der Waals surface area contributed by atoms with E-state index in [-0.39, 0.29) is 11.1 Å². The molecule has 0 unspecified atom stereocenters. The summed E-state index contributed by atoms with van der Waals surface area (Å²) in [6.07, 6.45) is 16.9. The molecule has 0 bridgehead atoms. The molecule has 2 aromatic carbocycles. The number of nitrogens with zero attached hydrogens (tertiary/aromatic N) is 4. The number of hydrogen-bond donors (Lipinski definition) is 4. The van der Waals surface area contributed by atoms with Gasteiger partial charge in [-0.3, -0.25) is 20.2 Å². The van der Waals surface area contributed by atoms with Crippen molar-refractivity contribution in [2.45, 2.75) is 77.2 Å². The van der Waals surface area contributed by atoms with Crippen LogP contribution in [0.1, 0.15) is 70.6 Å². The van der Waals surface area contributed by atoms with Gasteiger partial charge in [0, 0.05) is 42.2 Å². The van der Waals surface area contributed by atoms with E-state index in [1.54, 1.807) is 12.4 Å². The summed E-state index contributed by atoms with van der Waals surface area (Å²) in [6.45, 7) is 3.58. The standard InChI is InChI=1S/C31H40N4O8/c36-28-18-22(16-26(30(28)38)34(40)41)24-20-33(21-25(24)23-17-27(35(42)43)31(39)29(37)19-23)15-11-14-32-12-9-7-5-3-1-2-4-6-8-10-13-32/h16-21,36-39H,1-15H2. The van der Waals surface area contributed by atoms with Crippen molar-refractivity contribution in [1.29, 1.82) is 0 Å². The molecule has 0 amide bonds. The number of phenolic OH excluding ortho intramolecular Hbond substituents is 4. The molecule has 4 rings (SSSR count). The second kappa shape index (κ2) is 14.7. The average Bonchev–Trinajstić information content (AvgIpc) is 3.40. The monoisotopic (exact) mass is 596 g/mol. The van der Waals surface area contributed by atoms with Crippen molar-refractivity contribution in [1.82, 2.24) is 9.47 Å². The van der Waals surface area contributed by atoms with Crippen molar-refractivity contribution in [3.05, 3.63) is 56.9 Å². The third-order valence-electron chi connectivity index (χ3n) is 8.12. The Labute approximate surface area is 250 Å². The first kappa shape index (κ1) is 31.6. The summed E-state index contributed by atoms with van der Waals surface area (Å²) < 4.78 is 1.87. The molecule has 1 aliphatic rings. The largest absolute Gasteiger partial charge is 0.504 e. The van der Waals surface area contributed by atoms with Gasteiger partial charge in [0.1, 0.15) is 0 Å². The number of benzene rings is 2. The molecule has 1 aromatic heterocycles. The first-order chi connectivity index (χ1) is 20.7. The number of phenols is 4. The van der Waals surface area contributed by atoms with Gasteiger partial charge in [-0.2, -0.15) is 0 Å². The molecule has 2 heterocycles. The predicted octanol–water partition coefficient (Wildman–Crippen LogP) is 7.07. The molecule has 0 radical (unpaired) electrons. The van der Waals surface area contributed by atoms with Gasteiger partial charge in [0.05, 0.1) is 9.85 Å². The number of aromatic nitrogens is 1. The molecule has 0 atom stereocenters. The zero-order valence-electron chi connectivity index (χ0n) is 24.3. The quantitative estimate of drug-likeness (QED) is 0.120. The maximum absolute atomic E-state index is 11.5. The normalized spacial score (nSPS) is 15.7. The second-order valence-electron chi connectivity index (χ2n) is 11.3. The van der Waals surface area contributed by atoms with Gasteiger partial charge in [-0.25, -0.2) is 0 Å². The van der Waals surface area contributed by atoms with Crippen molar-refractivity contribution in [3.63, 3.8) is 0 Å². The van der Waals surface area contributed by atoms with Crippen LogP contribution in [0.4, 0.5) is 11.4 Å². The first-order valence-electron chi connectivity index (χ1n) is 15.0. The lowest BCUT2D eigenvalue weighted by Crippen LogP contribution is -2.28. The minimum absolute atomic E-state index is 0.199. The van der Waals surface area contributed by atoms with Crippen LogP contribution in [0.5, 0.6) is 23.0 Å². The van der Waals surface area contributed by atoms with E-state index in [2.05, 4.69) is 4.90 Å². The van der Waals surface area contributed by atoms with Crippen molar-refractivity contribution in [2.75, 3.05) is 19.6 Å². The van der Waals surface area contributed by atoms with E-state index in [1.165, 1.54) is 76.3 Å². The van der Waals surface area contributed by atoms with E-state index >= 15 is 0 Å². The number of aromatic hydroxyl groups is 4. The van der Waals surface area contributed by atoms with Crippen LogP contribution < -0.4 is 0 Å². The van der Waals surface area contributed by atoms with Crippen LogP contribution in [0.25, 0.3) is 22.3 Å². The molecular formula is C31H40N4O8. The Morgan fingerprint density at radius 3 is 1.40 bits per heavy atom. The van der Waals surface area contributed by atoms with Crippen LogP contribution in [0.3, 0.4) is 0 Å². The Bertz CT molecular complexity index is 1340. The molecule has 12 nitrogen and oxygen atoms in total. The lowest BCUT2D eigenvalue weighted by Gasteiger charge is -2.22. The van der Waals surface area contributed by atoms with Crippen molar-refractivity contribution < 1.29 is 30.3 Å². The summed E-state index contributed by atoms with van der Waals surface area (Å²) in [5.74, 6) is -3.11. The summed E-state index contributed by atoms with van der Waals surface area (Å²) in [6, 6.07) is 4.59. The zero-order chi connectivity index (χ0) is 30.9. The van der Waals surface area contributed by atoms with Crippen molar-refractivity contribution in [2.24, 2.45) is 0 Å². The minimum Gasteiger partial charge on any atom is -0.504 e. The fourth-order valence-corrected chi connectivity index (χ4v) is 5.79. The molecule has 3 aromatic rings. The molecule has 1 fully saturated rings. The summed E-state index contributed by atoms with van der Waals surface area (Å²) in [7, 11) is 0. The van der Waals surface area contributed by atoms with Gasteiger partial charge in [-0.1, -0.05) is 51.4 Å². The Balaban J connectivity index is 1.62. The van der Waals surface area contributed by atoms with E-state index in [0.29, 0.717) is 17.7 Å². The first-order valence-corrected chi connectivity index (χ1v) is 15.0. The molecule has 0 spiro atoms. The van der Waals surface area contributed by atoms with Gasteiger partial charge < -0.3 is 29.9 Å². The zero-order valence-corrected chi connectivity index (χ0v) is 24.3. The van der Waals surface area contributed by atoms with Gasteiger partial charge in [0.2, 0.25) is 11.5 Å². The van der Waals surface area contributed by atoms with E-state index in [0.717, 1.165) is 38.2 Å². The van der Waals surface area contributed by atoms with Gasteiger partial charge >= 0.3 is 11.4 Å². The topological polar surface area (TPSA) is 175 Å². The molecule has 0 saturated carbocycles. The summed E-state index contributed by atoms with van der Waals surface area (Å²) >= 11 is 0. The highest BCUT2D eigenvalue weighted by Gasteiger charge is 2.25. The highest BCUT2D eigenvalue weighted by molar-refractivity contribution is 5.87. The van der Waals surface area contributed by atoms with E-state index < -0.39 is 44.2 Å². The number of nitro benzene ring substituents is 2. The van der Waals surface area contributed by atoms with Crippen molar-refractivity contribution >= 4 is 11.4 Å². The van der Waals surface area contributed by atoms with Gasteiger partial charge in [-0.05, 0) is 62.2 Å². The molecule has 1 saturated heterocycles.